The number of Topliss-reactive ketones (excluding diaryl/α,β-unsaturated/α-hetero) is 1. The maximum Gasteiger partial charge on any atom is 0.221 e. The molecule has 0 bridgehead atoms. The van der Waals surface area contributed by atoms with Gasteiger partial charge in [0.1, 0.15) is 12.4 Å². The Morgan fingerprint density at radius 2 is 1.88 bits per heavy atom. The topological polar surface area (TPSA) is 75.6 Å². The summed E-state index contributed by atoms with van der Waals surface area (Å²) < 4.78 is 5.32. The summed E-state index contributed by atoms with van der Waals surface area (Å²) >= 11 is 0. The normalized spacial score (nSPS) is 19.0. The Morgan fingerprint density at radius 3 is 2.38 bits per heavy atom. The van der Waals surface area contributed by atoms with Crippen molar-refractivity contribution >= 4 is 17.4 Å². The van der Waals surface area contributed by atoms with Gasteiger partial charge in [-0.2, -0.15) is 0 Å². The molecule has 0 saturated heterocycles. The molecule has 0 radical (unpaired) electrons. The largest absolute Gasteiger partial charge is 0.494 e. The fourth-order valence-corrected chi connectivity index (χ4v) is 2.88. The first-order chi connectivity index (χ1) is 12.2. The fourth-order valence-electron chi connectivity index (χ4n) is 2.88. The molecule has 1 amide bonds. The van der Waals surface area contributed by atoms with Gasteiger partial charge >= 0.3 is 0 Å². The number of rotatable bonds is 5. The third-order valence-corrected chi connectivity index (χ3v) is 4.35. The highest BCUT2D eigenvalue weighted by Gasteiger charge is 2.26. The third-order valence-electron chi connectivity index (χ3n) is 4.35. The van der Waals surface area contributed by atoms with E-state index in [2.05, 4.69) is 11.9 Å². The van der Waals surface area contributed by atoms with Gasteiger partial charge in [0.05, 0.1) is 11.9 Å². The number of ketones is 1. The minimum Gasteiger partial charge on any atom is -0.494 e. The van der Waals surface area contributed by atoms with Crippen LogP contribution < -0.4 is 5.32 Å². The highest BCUT2D eigenvalue weighted by atomic mass is 16.5. The lowest BCUT2D eigenvalue weighted by molar-refractivity contribution is -0.125. The first-order valence-electron chi connectivity index (χ1n) is 9.04. The van der Waals surface area contributed by atoms with E-state index in [1.54, 1.807) is 6.92 Å². The van der Waals surface area contributed by atoms with Gasteiger partial charge in [-0.25, -0.2) is 0 Å². The number of ether oxygens (including phenoxy) is 1. The summed E-state index contributed by atoms with van der Waals surface area (Å²) in [5.74, 6) is 0.698. The van der Waals surface area contributed by atoms with E-state index in [9.17, 15) is 14.7 Å². The van der Waals surface area contributed by atoms with Gasteiger partial charge in [-0.1, -0.05) is 31.6 Å². The van der Waals surface area contributed by atoms with Crippen molar-refractivity contribution in [1.29, 1.82) is 0 Å². The number of carbonyl (C=O) groups is 2. The van der Waals surface area contributed by atoms with Crippen LogP contribution in [-0.2, 0) is 20.9 Å². The van der Waals surface area contributed by atoms with Gasteiger partial charge in [0.15, 0.2) is 0 Å². The van der Waals surface area contributed by atoms with Gasteiger partial charge in [0.2, 0.25) is 5.91 Å². The van der Waals surface area contributed by atoms with Crippen LogP contribution in [-0.4, -0.2) is 22.9 Å². The van der Waals surface area contributed by atoms with Crippen LogP contribution in [0.1, 0.15) is 57.6 Å². The molecule has 1 aliphatic rings. The first-order valence-corrected chi connectivity index (χ1v) is 9.04. The summed E-state index contributed by atoms with van der Waals surface area (Å²) in [5, 5.41) is 12.1. The summed E-state index contributed by atoms with van der Waals surface area (Å²) in [6.45, 7) is 11.0. The van der Waals surface area contributed by atoms with E-state index in [-0.39, 0.29) is 23.7 Å². The molecule has 5 nitrogen and oxygen atoms in total. The number of aryl methyl sites for hydroxylation is 1. The van der Waals surface area contributed by atoms with Crippen molar-refractivity contribution in [3.8, 4) is 0 Å². The molecule has 0 spiro atoms. The number of nitrogens with one attached hydrogen (secondary N) is 1. The van der Waals surface area contributed by atoms with Crippen LogP contribution in [0.15, 0.2) is 30.5 Å². The Labute approximate surface area is 156 Å². The zero-order valence-corrected chi connectivity index (χ0v) is 16.3. The number of anilines is 1. The van der Waals surface area contributed by atoms with Crippen LogP contribution >= 0.6 is 0 Å². The lowest BCUT2D eigenvalue weighted by atomic mass is 9.84. The summed E-state index contributed by atoms with van der Waals surface area (Å²) in [5.41, 5.74) is 2.88. The Bertz CT molecular complexity index is 639. The lowest BCUT2D eigenvalue weighted by Gasteiger charge is -2.24. The molecule has 2 atom stereocenters. The molecule has 2 N–H and O–H groups in total. The van der Waals surface area contributed by atoms with Gasteiger partial charge in [-0.3, -0.25) is 9.59 Å². The number of carbonyl (C=O) groups excluding carboxylic acids is 2. The van der Waals surface area contributed by atoms with Gasteiger partial charge in [0.25, 0.3) is 0 Å². The van der Waals surface area contributed by atoms with Crippen molar-refractivity contribution in [3.05, 3.63) is 41.7 Å². The summed E-state index contributed by atoms with van der Waals surface area (Å²) in [4.78, 5) is 21.8. The van der Waals surface area contributed by atoms with Crippen molar-refractivity contribution in [1.82, 2.24) is 0 Å². The summed E-state index contributed by atoms with van der Waals surface area (Å²) in [6, 6.07) is 5.85. The van der Waals surface area contributed by atoms with Crippen molar-refractivity contribution in [2.45, 2.75) is 66.1 Å². The van der Waals surface area contributed by atoms with E-state index in [1.165, 1.54) is 6.92 Å². The number of aliphatic hydroxyl groups is 1. The van der Waals surface area contributed by atoms with Crippen molar-refractivity contribution < 1.29 is 19.4 Å². The maximum atomic E-state index is 11.0. The van der Waals surface area contributed by atoms with E-state index in [4.69, 9.17) is 4.74 Å². The number of amides is 1. The molecule has 1 aliphatic carbocycles. The number of hydrogen-bond acceptors (Lipinski definition) is 4. The average Bonchev–Trinajstić information content (AvgIpc) is 2.56. The van der Waals surface area contributed by atoms with E-state index in [1.807, 2.05) is 32.0 Å². The quantitative estimate of drug-likeness (QED) is 0.773. The van der Waals surface area contributed by atoms with Gasteiger partial charge in [-0.05, 0) is 50.8 Å². The minimum atomic E-state index is -0.355. The molecule has 5 heteroatoms. The molecule has 1 fully saturated rings. The Morgan fingerprint density at radius 1 is 1.23 bits per heavy atom. The molecule has 0 aliphatic heterocycles. The summed E-state index contributed by atoms with van der Waals surface area (Å²) in [7, 11) is 0. The summed E-state index contributed by atoms with van der Waals surface area (Å²) in [6.07, 6.45) is 3.51. The standard InChI is InChI=1S/C13H17NO2.C8H14O2/c1-9(2)16-8-12-6-5-10(3)13(7-12)14-11(4)15;1-6(9)7-4-2-3-5-8(7)10/h5-7H,1,8H2,2-4H3,(H,14,15);7-8,10H,2-5H2,1H3. The first kappa shape index (κ1) is 21.9. The van der Waals surface area contributed by atoms with Gasteiger partial charge < -0.3 is 15.2 Å². The lowest BCUT2D eigenvalue weighted by Crippen LogP contribution is -2.29. The molecule has 1 saturated carbocycles. The SMILES string of the molecule is C=C(C)OCc1ccc(C)c(NC(C)=O)c1.CC(=O)C1CCCCC1O. The minimum absolute atomic E-state index is 0.0613. The maximum absolute atomic E-state index is 11.0. The monoisotopic (exact) mass is 361 g/mol. The molecule has 2 unspecified atom stereocenters. The van der Waals surface area contributed by atoms with Crippen molar-refractivity contribution in [2.75, 3.05) is 5.32 Å². The second-order valence-corrected chi connectivity index (χ2v) is 6.89. The molecule has 2 rings (SSSR count). The highest BCUT2D eigenvalue weighted by molar-refractivity contribution is 5.89. The van der Waals surface area contributed by atoms with Crippen LogP contribution in [0.2, 0.25) is 0 Å². The molecule has 1 aromatic carbocycles. The molecular weight excluding hydrogens is 330 g/mol. The second kappa shape index (κ2) is 10.8. The van der Waals surface area contributed by atoms with Crippen LogP contribution in [0.5, 0.6) is 0 Å². The van der Waals surface area contributed by atoms with E-state index < -0.39 is 0 Å². The zero-order chi connectivity index (χ0) is 19.7. The van der Waals surface area contributed by atoms with Gasteiger partial charge in [0, 0.05) is 18.5 Å². The Kier molecular flexibility index (Phi) is 9.07. The van der Waals surface area contributed by atoms with Crippen molar-refractivity contribution in [2.24, 2.45) is 5.92 Å². The number of allylic oxidation sites excluding steroid dienone is 1. The van der Waals surface area contributed by atoms with E-state index in [0.717, 1.165) is 42.5 Å². The Hall–Kier alpha value is -2.14. The molecule has 0 heterocycles. The smallest absolute Gasteiger partial charge is 0.221 e. The van der Waals surface area contributed by atoms with Crippen LogP contribution in [0, 0.1) is 12.8 Å². The number of benzene rings is 1. The van der Waals surface area contributed by atoms with Crippen LogP contribution in [0.25, 0.3) is 0 Å². The molecule has 1 aromatic rings. The predicted molar refractivity (Wildman–Crippen MR) is 104 cm³/mol. The van der Waals surface area contributed by atoms with E-state index >= 15 is 0 Å². The molecular formula is C21H31NO4. The molecule has 0 aromatic heterocycles. The zero-order valence-electron chi connectivity index (χ0n) is 16.3. The molecule has 144 valence electrons. The van der Waals surface area contributed by atoms with Crippen LogP contribution in [0.3, 0.4) is 0 Å². The Balaban J connectivity index is 0.000000289. The predicted octanol–water partition coefficient (Wildman–Crippen LogP) is 4.13. The molecule has 26 heavy (non-hydrogen) atoms. The average molecular weight is 361 g/mol. The second-order valence-electron chi connectivity index (χ2n) is 6.89. The van der Waals surface area contributed by atoms with E-state index in [0.29, 0.717) is 12.4 Å². The highest BCUT2D eigenvalue weighted by Crippen LogP contribution is 2.24. The third kappa shape index (κ3) is 7.83. The number of aliphatic hydroxyl groups excluding tert-OH is 1. The van der Waals surface area contributed by atoms with Gasteiger partial charge in [-0.15, -0.1) is 0 Å². The van der Waals surface area contributed by atoms with Crippen LogP contribution in [0.4, 0.5) is 5.69 Å². The number of hydrogen-bond donors (Lipinski definition) is 2. The fraction of sp³-hybridized carbons (Fsp3) is 0.524. The van der Waals surface area contributed by atoms with Crippen molar-refractivity contribution in [3.63, 3.8) is 0 Å².